The Morgan fingerprint density at radius 2 is 0.694 bits per heavy atom. The first-order valence-electron chi connectivity index (χ1n) is 21.0. The highest BCUT2D eigenvalue weighted by molar-refractivity contribution is 6.10. The van der Waals surface area contributed by atoms with Crippen LogP contribution in [-0.4, -0.2) is 14.5 Å². The van der Waals surface area contributed by atoms with Gasteiger partial charge in [0.25, 0.3) is 0 Å². The minimum Gasteiger partial charge on any atom is -0.311 e. The van der Waals surface area contributed by atoms with Crippen LogP contribution in [0, 0.1) is 0 Å². The molecule has 2 aromatic heterocycles. The number of hydrogen-bond donors (Lipinski definition) is 0. The highest BCUT2D eigenvalue weighted by Crippen LogP contribution is 2.40. The Balaban J connectivity index is 0.985. The van der Waals surface area contributed by atoms with Crippen LogP contribution in [0.25, 0.3) is 83.6 Å². The van der Waals surface area contributed by atoms with Gasteiger partial charge in [0.05, 0.1) is 16.7 Å². The largest absolute Gasteiger partial charge is 0.311 e. The molecule has 0 aliphatic rings. The molecule has 0 aliphatic heterocycles. The van der Waals surface area contributed by atoms with E-state index in [0.29, 0.717) is 5.82 Å². The van der Waals surface area contributed by atoms with E-state index in [1.807, 2.05) is 24.3 Å². The van der Waals surface area contributed by atoms with Crippen molar-refractivity contribution in [1.29, 1.82) is 0 Å². The highest BCUT2D eigenvalue weighted by Gasteiger charge is 2.18. The molecule has 0 spiro atoms. The summed E-state index contributed by atoms with van der Waals surface area (Å²) in [7, 11) is 0. The van der Waals surface area contributed by atoms with E-state index < -0.39 is 0 Å². The summed E-state index contributed by atoms with van der Waals surface area (Å²) in [5, 5.41) is 2.34. The molecule has 9 aromatic carbocycles. The van der Waals surface area contributed by atoms with E-state index in [1.165, 1.54) is 33.0 Å². The van der Waals surface area contributed by atoms with Gasteiger partial charge in [-0.1, -0.05) is 182 Å². The molecular formula is C58H40N4. The third kappa shape index (κ3) is 7.00. The lowest BCUT2D eigenvalue weighted by molar-refractivity contribution is 1.05. The Morgan fingerprint density at radius 3 is 1.23 bits per heavy atom. The Hall–Kier alpha value is -8.34. The molecule has 2 heterocycles. The molecule has 0 amide bonds. The minimum atomic E-state index is 0.693. The molecule has 11 rings (SSSR count). The number of benzene rings is 9. The van der Waals surface area contributed by atoms with Gasteiger partial charge in [-0.15, -0.1) is 0 Å². The van der Waals surface area contributed by atoms with Crippen molar-refractivity contribution in [3.63, 3.8) is 0 Å². The van der Waals surface area contributed by atoms with Crippen molar-refractivity contribution in [3.8, 4) is 61.8 Å². The van der Waals surface area contributed by atoms with Gasteiger partial charge in [-0.2, -0.15) is 0 Å². The van der Waals surface area contributed by atoms with Crippen molar-refractivity contribution in [2.75, 3.05) is 4.90 Å². The summed E-state index contributed by atoms with van der Waals surface area (Å²) < 4.78 is 2.28. The Kier molecular flexibility index (Phi) is 9.49. The lowest BCUT2D eigenvalue weighted by atomic mass is 10.0. The van der Waals surface area contributed by atoms with Gasteiger partial charge in [0.2, 0.25) is 0 Å². The topological polar surface area (TPSA) is 34.0 Å². The fraction of sp³-hybridized carbons (Fsp3) is 0. The smallest absolute Gasteiger partial charge is 0.162 e. The van der Waals surface area contributed by atoms with E-state index in [-0.39, 0.29) is 0 Å². The van der Waals surface area contributed by atoms with Gasteiger partial charge < -0.3 is 4.90 Å². The predicted octanol–water partition coefficient (Wildman–Crippen LogP) is 15.4. The molecule has 0 atom stereocenters. The Labute approximate surface area is 361 Å². The van der Waals surface area contributed by atoms with Crippen LogP contribution in [0.15, 0.2) is 243 Å². The predicted molar refractivity (Wildman–Crippen MR) is 258 cm³/mol. The zero-order valence-electron chi connectivity index (χ0n) is 33.9. The SMILES string of the molecule is c1ccc(-c2ccc(N(c3ccc(-c4ccccc4)cc3)c3ccc(-c4ccc5c(c4)c4ccccc4n5-c4cc(-c5ccccc5)nc(-c5ccccc5)n4)cc3)cc2)cc1. The number of anilines is 3. The van der Waals surface area contributed by atoms with Crippen LogP contribution in [0.1, 0.15) is 0 Å². The summed E-state index contributed by atoms with van der Waals surface area (Å²) in [5.41, 5.74) is 15.4. The average molecular weight is 793 g/mol. The number of rotatable bonds is 9. The molecule has 62 heavy (non-hydrogen) atoms. The molecule has 0 N–H and O–H groups in total. The Bertz CT molecular complexity index is 3150. The first kappa shape index (κ1) is 36.7. The normalized spacial score (nSPS) is 11.2. The molecule has 4 nitrogen and oxygen atoms in total. The van der Waals surface area contributed by atoms with Crippen LogP contribution >= 0.6 is 0 Å². The quantitative estimate of drug-likeness (QED) is 0.146. The Morgan fingerprint density at radius 1 is 0.290 bits per heavy atom. The maximum absolute atomic E-state index is 5.22. The number of para-hydroxylation sites is 1. The van der Waals surface area contributed by atoms with E-state index >= 15 is 0 Å². The lowest BCUT2D eigenvalue weighted by Gasteiger charge is -2.26. The number of nitrogens with zero attached hydrogens (tertiary/aromatic N) is 4. The van der Waals surface area contributed by atoms with Crippen molar-refractivity contribution in [2.24, 2.45) is 0 Å². The van der Waals surface area contributed by atoms with Gasteiger partial charge in [0.1, 0.15) is 5.82 Å². The summed E-state index contributed by atoms with van der Waals surface area (Å²) >= 11 is 0. The molecule has 0 saturated heterocycles. The van der Waals surface area contributed by atoms with Crippen molar-refractivity contribution in [1.82, 2.24) is 14.5 Å². The second-order valence-electron chi connectivity index (χ2n) is 15.5. The molecule has 11 aromatic rings. The summed E-state index contributed by atoms with van der Waals surface area (Å²) in [5.74, 6) is 1.52. The van der Waals surface area contributed by atoms with Crippen molar-refractivity contribution < 1.29 is 0 Å². The fourth-order valence-corrected chi connectivity index (χ4v) is 8.54. The summed E-state index contributed by atoms with van der Waals surface area (Å²) in [6.45, 7) is 0. The first-order chi connectivity index (χ1) is 30.7. The minimum absolute atomic E-state index is 0.693. The third-order valence-corrected chi connectivity index (χ3v) is 11.6. The summed E-state index contributed by atoms with van der Waals surface area (Å²) in [4.78, 5) is 12.6. The molecule has 0 radical (unpaired) electrons. The van der Waals surface area contributed by atoms with Gasteiger partial charge in [-0.05, 0) is 88.0 Å². The average Bonchev–Trinajstić information content (AvgIpc) is 3.69. The van der Waals surface area contributed by atoms with Gasteiger partial charge in [-0.3, -0.25) is 4.57 Å². The number of hydrogen-bond acceptors (Lipinski definition) is 3. The molecule has 0 unspecified atom stereocenters. The van der Waals surface area contributed by atoms with E-state index in [2.05, 4.69) is 228 Å². The number of fused-ring (bicyclic) bond motifs is 3. The van der Waals surface area contributed by atoms with Crippen molar-refractivity contribution in [3.05, 3.63) is 243 Å². The fourth-order valence-electron chi connectivity index (χ4n) is 8.54. The first-order valence-corrected chi connectivity index (χ1v) is 21.0. The van der Waals surface area contributed by atoms with Crippen LogP contribution < -0.4 is 4.90 Å². The molecule has 292 valence electrons. The van der Waals surface area contributed by atoms with Gasteiger partial charge in [0.15, 0.2) is 5.82 Å². The van der Waals surface area contributed by atoms with E-state index in [0.717, 1.165) is 61.9 Å². The van der Waals surface area contributed by atoms with Crippen molar-refractivity contribution in [2.45, 2.75) is 0 Å². The zero-order chi connectivity index (χ0) is 41.2. The van der Waals surface area contributed by atoms with Crippen LogP contribution in [-0.2, 0) is 0 Å². The van der Waals surface area contributed by atoms with Crippen LogP contribution in [0.3, 0.4) is 0 Å². The molecule has 0 saturated carbocycles. The van der Waals surface area contributed by atoms with Crippen molar-refractivity contribution >= 4 is 38.9 Å². The maximum atomic E-state index is 5.22. The lowest BCUT2D eigenvalue weighted by Crippen LogP contribution is -2.09. The maximum Gasteiger partial charge on any atom is 0.162 e. The van der Waals surface area contributed by atoms with Crippen LogP contribution in [0.5, 0.6) is 0 Å². The van der Waals surface area contributed by atoms with E-state index in [9.17, 15) is 0 Å². The van der Waals surface area contributed by atoms with Crippen LogP contribution in [0.2, 0.25) is 0 Å². The van der Waals surface area contributed by atoms with E-state index in [1.54, 1.807) is 0 Å². The molecular weight excluding hydrogens is 753 g/mol. The molecule has 0 aliphatic carbocycles. The number of aromatic nitrogens is 3. The highest BCUT2D eigenvalue weighted by atomic mass is 15.1. The molecule has 0 fully saturated rings. The van der Waals surface area contributed by atoms with Crippen LogP contribution in [0.4, 0.5) is 17.1 Å². The second kappa shape index (κ2) is 16.0. The van der Waals surface area contributed by atoms with E-state index in [4.69, 9.17) is 9.97 Å². The monoisotopic (exact) mass is 792 g/mol. The zero-order valence-corrected chi connectivity index (χ0v) is 33.9. The molecule has 4 heteroatoms. The standard InChI is InChI=1S/C58H40N4/c1-5-15-41(16-6-1)43-25-32-49(33-26-43)61(50-34-27-44(28-35-50)42-17-7-2-8-18-42)51-36-29-45(30-37-51)48-31-38-56-53(39-48)52-23-13-14-24-55(52)62(56)57-40-54(46-19-9-3-10-20-46)59-58(60-57)47-21-11-4-12-22-47/h1-40H. The van der Waals surface area contributed by atoms with Gasteiger partial charge >= 0.3 is 0 Å². The third-order valence-electron chi connectivity index (χ3n) is 11.6. The second-order valence-corrected chi connectivity index (χ2v) is 15.5. The van der Waals surface area contributed by atoms with Gasteiger partial charge in [-0.25, -0.2) is 9.97 Å². The summed E-state index contributed by atoms with van der Waals surface area (Å²) in [6.07, 6.45) is 0. The molecule has 0 bridgehead atoms. The summed E-state index contributed by atoms with van der Waals surface area (Å²) in [6, 6.07) is 85.8. The van der Waals surface area contributed by atoms with Gasteiger partial charge in [0, 0.05) is 45.0 Å².